The summed E-state index contributed by atoms with van der Waals surface area (Å²) in [6, 6.07) is 20.3. The molecule has 1 aliphatic carbocycles. The Hall–Kier alpha value is -3.40. The number of anilines is 1. The van der Waals surface area contributed by atoms with E-state index >= 15 is 0 Å². The van der Waals surface area contributed by atoms with E-state index in [9.17, 15) is 18.0 Å². The number of ether oxygens (including phenoxy) is 2. The number of halogens is 1. The van der Waals surface area contributed by atoms with Gasteiger partial charge in [-0.25, -0.2) is 8.42 Å². The zero-order valence-corrected chi connectivity index (χ0v) is 23.4. The maximum atomic E-state index is 13.6. The normalized spacial score (nSPS) is 14.1. The van der Waals surface area contributed by atoms with Crippen LogP contribution < -0.4 is 10.1 Å². The van der Waals surface area contributed by atoms with E-state index in [1.807, 2.05) is 6.07 Å². The molecule has 0 bridgehead atoms. The van der Waals surface area contributed by atoms with Gasteiger partial charge in [0.25, 0.3) is 0 Å². The minimum Gasteiger partial charge on any atom is -0.492 e. The van der Waals surface area contributed by atoms with Gasteiger partial charge in [0.15, 0.2) is 0 Å². The Morgan fingerprint density at radius 1 is 0.974 bits per heavy atom. The van der Waals surface area contributed by atoms with Gasteiger partial charge in [-0.1, -0.05) is 54.1 Å². The third-order valence-corrected chi connectivity index (χ3v) is 8.58. The average Bonchev–Trinajstić information content (AvgIpc) is 3.73. The fourth-order valence-electron chi connectivity index (χ4n) is 4.31. The van der Waals surface area contributed by atoms with Gasteiger partial charge in [-0.15, -0.1) is 0 Å². The first-order valence-electron chi connectivity index (χ1n) is 12.7. The van der Waals surface area contributed by atoms with Crippen molar-refractivity contribution < 1.29 is 27.5 Å². The van der Waals surface area contributed by atoms with Crippen LogP contribution in [0.3, 0.4) is 0 Å². The number of sulfonamides is 1. The zero-order valence-electron chi connectivity index (χ0n) is 21.9. The lowest BCUT2D eigenvalue weighted by molar-refractivity contribution is -0.146. The molecule has 0 unspecified atom stereocenters. The number of nitrogens with one attached hydrogen (secondary N) is 1. The van der Waals surface area contributed by atoms with Crippen molar-refractivity contribution in [1.82, 2.24) is 4.31 Å². The molecule has 206 valence electrons. The second kappa shape index (κ2) is 12.2. The summed E-state index contributed by atoms with van der Waals surface area (Å²) in [5.41, 5.74) is 1.44. The quantitative estimate of drug-likeness (QED) is 0.302. The van der Waals surface area contributed by atoms with Crippen LogP contribution in [0.25, 0.3) is 0 Å². The van der Waals surface area contributed by atoms with Gasteiger partial charge in [-0.05, 0) is 68.1 Å². The second-order valence-electron chi connectivity index (χ2n) is 9.21. The molecule has 0 spiro atoms. The Morgan fingerprint density at radius 3 is 2.26 bits per heavy atom. The fourth-order valence-corrected chi connectivity index (χ4v) is 6.03. The molecule has 3 aromatic rings. The first-order valence-corrected chi connectivity index (χ1v) is 14.6. The molecule has 0 aromatic heterocycles. The Kier molecular flexibility index (Phi) is 8.94. The summed E-state index contributed by atoms with van der Waals surface area (Å²) in [6.07, 6.45) is 1.44. The molecule has 10 heteroatoms. The minimum atomic E-state index is -4.09. The van der Waals surface area contributed by atoms with Crippen LogP contribution in [0.2, 0.25) is 5.02 Å². The van der Waals surface area contributed by atoms with Crippen LogP contribution in [0.5, 0.6) is 5.75 Å². The van der Waals surface area contributed by atoms with E-state index in [2.05, 4.69) is 5.32 Å². The number of carbonyl (C=O) groups excluding carboxylic acids is 2. The lowest BCUT2D eigenvalue weighted by atomic mass is 9.96. The maximum absolute atomic E-state index is 13.6. The second-order valence-corrected chi connectivity index (χ2v) is 11.6. The summed E-state index contributed by atoms with van der Waals surface area (Å²) < 4.78 is 39.0. The zero-order chi connectivity index (χ0) is 28.0. The summed E-state index contributed by atoms with van der Waals surface area (Å²) >= 11 is 6.26. The van der Waals surface area contributed by atoms with Crippen molar-refractivity contribution in [3.05, 3.63) is 88.9 Å². The van der Waals surface area contributed by atoms with E-state index in [-0.39, 0.29) is 22.4 Å². The number of nitrogens with zero attached hydrogens (tertiary/aromatic N) is 1. The van der Waals surface area contributed by atoms with Crippen LogP contribution in [0.1, 0.15) is 37.8 Å². The molecule has 0 aliphatic heterocycles. The molecule has 39 heavy (non-hydrogen) atoms. The molecule has 0 heterocycles. The van der Waals surface area contributed by atoms with Crippen LogP contribution in [0.4, 0.5) is 5.69 Å². The van der Waals surface area contributed by atoms with Crippen LogP contribution in [0, 0.1) is 0 Å². The topological polar surface area (TPSA) is 102 Å². The molecule has 1 fully saturated rings. The highest BCUT2D eigenvalue weighted by Gasteiger charge is 2.52. The Labute approximate surface area is 233 Å². The van der Waals surface area contributed by atoms with Crippen molar-refractivity contribution in [2.75, 3.05) is 25.1 Å². The van der Waals surface area contributed by atoms with E-state index in [1.54, 1.807) is 62.4 Å². The smallest absolute Gasteiger partial charge is 0.316 e. The van der Waals surface area contributed by atoms with Crippen molar-refractivity contribution >= 4 is 39.2 Å². The first-order chi connectivity index (χ1) is 18.7. The summed E-state index contributed by atoms with van der Waals surface area (Å²) in [5.74, 6) is -0.367. The lowest BCUT2D eigenvalue weighted by Gasteiger charge is -2.22. The van der Waals surface area contributed by atoms with E-state index in [0.29, 0.717) is 24.7 Å². The van der Waals surface area contributed by atoms with Crippen molar-refractivity contribution in [2.45, 2.75) is 43.5 Å². The molecule has 0 atom stereocenters. The number of amides is 1. The van der Waals surface area contributed by atoms with Crippen LogP contribution in [-0.2, 0) is 36.3 Å². The predicted octanol–water partition coefficient (Wildman–Crippen LogP) is 5.16. The van der Waals surface area contributed by atoms with Gasteiger partial charge in [0.2, 0.25) is 15.9 Å². The van der Waals surface area contributed by atoms with Gasteiger partial charge < -0.3 is 14.8 Å². The van der Waals surface area contributed by atoms with Gasteiger partial charge in [0.1, 0.15) is 5.75 Å². The Balaban J connectivity index is 1.52. The van der Waals surface area contributed by atoms with Crippen molar-refractivity contribution in [2.24, 2.45) is 0 Å². The van der Waals surface area contributed by atoms with E-state index in [0.717, 1.165) is 28.3 Å². The van der Waals surface area contributed by atoms with Crippen LogP contribution in [0.15, 0.2) is 77.7 Å². The Morgan fingerprint density at radius 2 is 1.67 bits per heavy atom. The van der Waals surface area contributed by atoms with Gasteiger partial charge in [-0.3, -0.25) is 9.59 Å². The summed E-state index contributed by atoms with van der Waals surface area (Å²) in [5, 5.41) is 2.93. The summed E-state index contributed by atoms with van der Waals surface area (Å²) in [4.78, 5) is 25.4. The largest absolute Gasteiger partial charge is 0.492 e. The van der Waals surface area contributed by atoms with Crippen molar-refractivity contribution in [3.8, 4) is 5.75 Å². The van der Waals surface area contributed by atoms with E-state index in [4.69, 9.17) is 21.1 Å². The number of esters is 1. The lowest BCUT2D eigenvalue weighted by Crippen LogP contribution is -2.37. The first kappa shape index (κ1) is 28.6. The van der Waals surface area contributed by atoms with Crippen LogP contribution >= 0.6 is 11.6 Å². The number of benzene rings is 3. The molecule has 4 rings (SSSR count). The highest BCUT2D eigenvalue weighted by molar-refractivity contribution is 7.89. The Bertz CT molecular complexity index is 1420. The molecule has 1 saturated carbocycles. The molecule has 0 saturated heterocycles. The van der Waals surface area contributed by atoms with Gasteiger partial charge in [0, 0.05) is 12.2 Å². The van der Waals surface area contributed by atoms with E-state index < -0.39 is 27.9 Å². The van der Waals surface area contributed by atoms with Gasteiger partial charge in [-0.2, -0.15) is 4.31 Å². The molecule has 8 nitrogen and oxygen atoms in total. The summed E-state index contributed by atoms with van der Waals surface area (Å²) in [7, 11) is -4.09. The third-order valence-electron chi connectivity index (χ3n) is 6.50. The monoisotopic (exact) mass is 570 g/mol. The predicted molar refractivity (Wildman–Crippen MR) is 149 cm³/mol. The molecule has 3 aromatic carbocycles. The van der Waals surface area contributed by atoms with Crippen LogP contribution in [-0.4, -0.2) is 44.4 Å². The van der Waals surface area contributed by atoms with Gasteiger partial charge in [0.05, 0.1) is 35.1 Å². The standard InChI is InChI=1S/C29H31ClN2O6S/c1-3-37-26-15-14-24(18-25(26)30)39(35,36)32(19-21-8-6-5-7-9-21)20-27(33)31-23-12-10-22(11-13-23)29(16-17-29)28(34)38-4-2/h5-15,18H,3-4,16-17,19-20H2,1-2H3,(H,31,33). The molecule has 1 N–H and O–H groups in total. The number of rotatable bonds is 12. The highest BCUT2D eigenvalue weighted by atomic mass is 35.5. The molecular formula is C29H31ClN2O6S. The maximum Gasteiger partial charge on any atom is 0.316 e. The number of carbonyl (C=O) groups is 2. The molecular weight excluding hydrogens is 540 g/mol. The number of hydrogen-bond acceptors (Lipinski definition) is 6. The number of hydrogen-bond donors (Lipinski definition) is 1. The molecule has 1 aliphatic rings. The highest BCUT2D eigenvalue weighted by Crippen LogP contribution is 2.49. The summed E-state index contributed by atoms with van der Waals surface area (Å²) in [6.45, 7) is 3.85. The fraction of sp³-hybridized carbons (Fsp3) is 0.310. The average molecular weight is 571 g/mol. The van der Waals surface area contributed by atoms with Gasteiger partial charge >= 0.3 is 5.97 Å². The molecule has 1 amide bonds. The van der Waals surface area contributed by atoms with E-state index in [1.165, 1.54) is 18.2 Å². The molecule has 0 radical (unpaired) electrons. The minimum absolute atomic E-state index is 0.0115. The third kappa shape index (κ3) is 6.61. The van der Waals surface area contributed by atoms with Crippen molar-refractivity contribution in [3.63, 3.8) is 0 Å². The SMILES string of the molecule is CCOC(=O)C1(c2ccc(NC(=O)CN(Cc3ccccc3)S(=O)(=O)c3ccc(OCC)c(Cl)c3)cc2)CC1. The van der Waals surface area contributed by atoms with Crippen molar-refractivity contribution in [1.29, 1.82) is 0 Å².